The van der Waals surface area contributed by atoms with Crippen molar-refractivity contribution >= 4 is 55.6 Å². The molecular weight excluding hydrogens is 1170 g/mol. The number of H-pyrrole nitrogens is 1. The first kappa shape index (κ1) is 64.5. The lowest BCUT2D eigenvalue weighted by molar-refractivity contribution is -0.275. The minimum absolute atomic E-state index is 0. The van der Waals surface area contributed by atoms with Crippen molar-refractivity contribution in [2.24, 2.45) is 14.1 Å². The summed E-state index contributed by atoms with van der Waals surface area (Å²) in [6.07, 6.45) is -7.14. The Hall–Kier alpha value is -7.63. The number of hydrogen-bond donors (Lipinski definition) is 3. The van der Waals surface area contributed by atoms with Gasteiger partial charge >= 0.3 is 36.1 Å². The Morgan fingerprint density at radius 2 is 1.08 bits per heavy atom. The minimum atomic E-state index is -4.89. The number of ether oxygens (including phenoxy) is 4. The molecule has 83 heavy (non-hydrogen) atoms. The standard InChI is InChI=1S/C25H22ClF3N4O5.C20H14ClF3N4O4.C6H12O4S.2CH4/c1-31-21-20(22(35)33(24(31)36)16-9-10-17(34)11-16)32(13-14-5-7-15(26)8-6-14)23(30-21)37-18-3-2-4-19(12-18)38-25(27,28)29;1-27-16-15(17(29)26-18(27)30)28(10-11-5-7-12(21)8-6-11)19(25-16)31-13-3-2-4-14(9-13)32-20(22,23)24;1-11(8,9)10-6-3-2-5(7)4-6;;/h2-8,12,16-17,34H,9-11,13H2,1H3;2-9H,10H2,1H3,(H,26,29,30);5-7H,2-4H2,1H3;2*1H4. The van der Waals surface area contributed by atoms with Crippen molar-refractivity contribution in [2.75, 3.05) is 6.26 Å². The zero-order valence-corrected chi connectivity index (χ0v) is 45.0. The lowest BCUT2D eigenvalue weighted by atomic mass is 10.2. The highest BCUT2D eigenvalue weighted by Crippen LogP contribution is 2.34. The fraction of sp³-hybridized carbons (Fsp3) is 0.358. The summed E-state index contributed by atoms with van der Waals surface area (Å²) < 4.78 is 127. The van der Waals surface area contributed by atoms with Crippen LogP contribution >= 0.6 is 23.2 Å². The number of halogens is 8. The molecule has 10 rings (SSSR count). The van der Waals surface area contributed by atoms with Crippen LogP contribution in [-0.2, 0) is 41.5 Å². The average Bonchev–Trinajstić information content (AvgIpc) is 2.05. The van der Waals surface area contributed by atoms with Crippen molar-refractivity contribution in [3.05, 3.63) is 160 Å². The number of imidazole rings is 2. The van der Waals surface area contributed by atoms with Gasteiger partial charge in [0.2, 0.25) is 0 Å². The molecule has 4 unspecified atom stereocenters. The summed E-state index contributed by atoms with van der Waals surface area (Å²) in [7, 11) is -0.458. The maximum Gasteiger partial charge on any atom is 0.573 e. The average molecular weight is 1230 g/mol. The van der Waals surface area contributed by atoms with Crippen LogP contribution in [-0.4, -0.2) is 93.7 Å². The molecule has 8 aromatic rings. The van der Waals surface area contributed by atoms with E-state index in [0.29, 0.717) is 42.1 Å². The number of aromatic amines is 1. The van der Waals surface area contributed by atoms with E-state index in [1.54, 1.807) is 48.5 Å². The number of fused-ring (bicyclic) bond motifs is 2. The molecule has 3 N–H and O–H groups in total. The fourth-order valence-corrected chi connectivity index (χ4v) is 9.87. The third kappa shape index (κ3) is 16.6. The molecule has 2 fully saturated rings. The SMILES string of the molecule is C.C.CS(=O)(=O)OC1CCC(O)C1.Cn1c(=O)[nH]c(=O)c2c1nc(Oc1cccc(OC(F)(F)F)c1)n2Cc1ccc(Cl)cc1.Cn1c(=O)n(C2CCC(O)C2)c(=O)c2c1nc(Oc1cccc(OC(F)(F)F)c1)n2Cc1ccc(Cl)cc1. The number of alkyl halides is 6. The van der Waals surface area contributed by atoms with Gasteiger partial charge in [-0.05, 0) is 91.8 Å². The van der Waals surface area contributed by atoms with Gasteiger partial charge in [-0.25, -0.2) is 9.59 Å². The second-order valence-electron chi connectivity index (χ2n) is 18.7. The van der Waals surface area contributed by atoms with E-state index < -0.39 is 69.0 Å². The van der Waals surface area contributed by atoms with E-state index in [2.05, 4.69) is 28.6 Å². The molecule has 0 bridgehead atoms. The molecule has 2 aliphatic rings. The predicted octanol–water partition coefficient (Wildman–Crippen LogP) is 9.34. The molecule has 0 saturated heterocycles. The van der Waals surface area contributed by atoms with Gasteiger partial charge in [0.1, 0.15) is 23.0 Å². The van der Waals surface area contributed by atoms with E-state index in [4.69, 9.17) is 37.8 Å². The lowest BCUT2D eigenvalue weighted by Gasteiger charge is -2.15. The Morgan fingerprint density at radius 3 is 1.52 bits per heavy atom. The minimum Gasteiger partial charge on any atom is -0.425 e. The second-order valence-corrected chi connectivity index (χ2v) is 21.1. The van der Waals surface area contributed by atoms with Crippen molar-refractivity contribution in [3.8, 4) is 35.0 Å². The highest BCUT2D eigenvalue weighted by Gasteiger charge is 2.34. The first-order valence-electron chi connectivity index (χ1n) is 24.3. The van der Waals surface area contributed by atoms with Crippen molar-refractivity contribution < 1.29 is 68.1 Å². The molecule has 4 aromatic heterocycles. The van der Waals surface area contributed by atoms with Gasteiger partial charge < -0.3 is 29.2 Å². The molecular formula is C53H56Cl2F6N8O13S. The summed E-state index contributed by atoms with van der Waals surface area (Å²) in [6, 6.07) is 22.6. The van der Waals surface area contributed by atoms with Crippen LogP contribution in [0.4, 0.5) is 26.3 Å². The van der Waals surface area contributed by atoms with Crippen LogP contribution in [0, 0.1) is 0 Å². The summed E-state index contributed by atoms with van der Waals surface area (Å²) in [5.74, 6) is -1.02. The van der Waals surface area contributed by atoms with Gasteiger partial charge in [0, 0.05) is 48.7 Å². The van der Waals surface area contributed by atoms with Crippen LogP contribution in [0.5, 0.6) is 35.0 Å². The van der Waals surface area contributed by atoms with Crippen molar-refractivity contribution in [2.45, 2.75) is 104 Å². The number of aromatic nitrogens is 8. The number of rotatable bonds is 13. The third-order valence-corrected chi connectivity index (χ3v) is 13.7. The van der Waals surface area contributed by atoms with E-state index in [1.807, 2.05) is 0 Å². The van der Waals surface area contributed by atoms with Gasteiger partial charge in [0.05, 0.1) is 37.7 Å². The molecule has 21 nitrogen and oxygen atoms in total. The van der Waals surface area contributed by atoms with Crippen LogP contribution in [0.3, 0.4) is 0 Å². The second kappa shape index (κ2) is 26.3. The topological polar surface area (TPSA) is 255 Å². The van der Waals surface area contributed by atoms with E-state index in [0.717, 1.165) is 50.8 Å². The molecule has 4 heterocycles. The molecule has 30 heteroatoms. The summed E-state index contributed by atoms with van der Waals surface area (Å²) in [5, 5.41) is 20.0. The zero-order valence-electron chi connectivity index (χ0n) is 42.7. The highest BCUT2D eigenvalue weighted by molar-refractivity contribution is 7.86. The van der Waals surface area contributed by atoms with E-state index >= 15 is 0 Å². The maximum absolute atomic E-state index is 13.7. The molecule has 2 saturated carbocycles. The summed E-state index contributed by atoms with van der Waals surface area (Å²) in [6.45, 7) is 0.200. The zero-order chi connectivity index (χ0) is 58.7. The number of nitrogens with one attached hydrogen (secondary N) is 1. The molecule has 0 aliphatic heterocycles. The summed E-state index contributed by atoms with van der Waals surface area (Å²) >= 11 is 11.9. The summed E-state index contributed by atoms with van der Waals surface area (Å²) in [5.41, 5.74) is -0.880. The van der Waals surface area contributed by atoms with Crippen LogP contribution in [0.25, 0.3) is 22.3 Å². The molecule has 4 aromatic carbocycles. The van der Waals surface area contributed by atoms with Gasteiger partial charge in [0.15, 0.2) is 22.3 Å². The van der Waals surface area contributed by atoms with Gasteiger partial charge in [-0.15, -0.1) is 26.3 Å². The Labute approximate surface area is 478 Å². The quantitative estimate of drug-likeness (QED) is 0.0718. The normalized spacial score (nSPS) is 16.9. The summed E-state index contributed by atoms with van der Waals surface area (Å²) in [4.78, 5) is 62.2. The van der Waals surface area contributed by atoms with E-state index in [1.165, 1.54) is 52.1 Å². The van der Waals surface area contributed by atoms with Gasteiger partial charge in [-0.2, -0.15) is 18.4 Å². The van der Waals surface area contributed by atoms with Crippen LogP contribution in [0.1, 0.15) is 70.5 Å². The smallest absolute Gasteiger partial charge is 0.425 e. The van der Waals surface area contributed by atoms with E-state index in [9.17, 15) is 59.0 Å². The molecule has 4 atom stereocenters. The number of nitrogens with zero attached hydrogens (tertiary/aromatic N) is 7. The Morgan fingerprint density at radius 1 is 0.639 bits per heavy atom. The van der Waals surface area contributed by atoms with Crippen molar-refractivity contribution in [1.29, 1.82) is 0 Å². The van der Waals surface area contributed by atoms with Crippen molar-refractivity contribution in [1.82, 2.24) is 37.8 Å². The molecule has 448 valence electrons. The lowest BCUT2D eigenvalue weighted by Crippen LogP contribution is -2.41. The largest absolute Gasteiger partial charge is 0.573 e. The molecule has 0 radical (unpaired) electrons. The number of aryl methyl sites for hydroxylation is 2. The predicted molar refractivity (Wildman–Crippen MR) is 294 cm³/mol. The van der Waals surface area contributed by atoms with E-state index in [-0.39, 0.29) is 92.4 Å². The Balaban J connectivity index is 0.000000223. The van der Waals surface area contributed by atoms with Crippen LogP contribution in [0.2, 0.25) is 10.0 Å². The highest BCUT2D eigenvalue weighted by atomic mass is 35.5. The monoisotopic (exact) mass is 1230 g/mol. The molecule has 2 aliphatic carbocycles. The van der Waals surface area contributed by atoms with Gasteiger partial charge in [0.25, 0.3) is 21.2 Å². The maximum atomic E-state index is 13.7. The first-order chi connectivity index (χ1) is 38.1. The first-order valence-corrected chi connectivity index (χ1v) is 26.9. The Kier molecular flexibility index (Phi) is 20.5. The van der Waals surface area contributed by atoms with Gasteiger partial charge in [-0.1, -0.05) is 74.5 Å². The number of benzene rings is 4. The van der Waals surface area contributed by atoms with Crippen molar-refractivity contribution in [3.63, 3.8) is 0 Å². The number of hydrogen-bond acceptors (Lipinski definition) is 15. The van der Waals surface area contributed by atoms with Crippen LogP contribution < -0.4 is 41.4 Å². The number of aliphatic hydroxyl groups is 2. The molecule has 0 spiro atoms. The molecule has 0 amide bonds. The van der Waals surface area contributed by atoms with Crippen LogP contribution in [0.15, 0.2) is 116 Å². The third-order valence-electron chi connectivity index (χ3n) is 12.5. The number of aliphatic hydroxyl groups excluding tert-OH is 2. The van der Waals surface area contributed by atoms with Gasteiger partial charge in [-0.3, -0.25) is 41.6 Å². The Bertz CT molecular complexity index is 3940. The fourth-order valence-electron chi connectivity index (χ4n) is 8.95.